The molecule has 0 aliphatic rings. The minimum absolute atomic E-state index is 0.124. The zero-order valence-corrected chi connectivity index (χ0v) is 15.2. The molecule has 0 saturated heterocycles. The molecule has 0 N–H and O–H groups in total. The quantitative estimate of drug-likeness (QED) is 0.398. The van der Waals surface area contributed by atoms with E-state index < -0.39 is 5.97 Å². The van der Waals surface area contributed by atoms with Gasteiger partial charge < -0.3 is 14.2 Å². The van der Waals surface area contributed by atoms with Crippen LogP contribution >= 0.6 is 15.9 Å². The minimum Gasteiger partial charge on any atom is -0.496 e. The smallest absolute Gasteiger partial charge is 0.330 e. The average molecular weight is 402 g/mol. The van der Waals surface area contributed by atoms with E-state index >= 15 is 0 Å². The molecule has 2 rings (SSSR count). The third-order valence-corrected chi connectivity index (χ3v) is 3.66. The number of nitrogens with zero attached hydrogens (tertiary/aromatic N) is 1. The summed E-state index contributed by atoms with van der Waals surface area (Å²) in [6, 6.07) is 14.3. The van der Waals surface area contributed by atoms with Crippen molar-refractivity contribution in [3.05, 3.63) is 64.1 Å². The van der Waals surface area contributed by atoms with Gasteiger partial charge in [-0.15, -0.1) is 0 Å². The summed E-state index contributed by atoms with van der Waals surface area (Å²) in [6.45, 7) is 0.352. The lowest BCUT2D eigenvalue weighted by Crippen LogP contribution is -2.10. The second-order valence-corrected chi connectivity index (χ2v) is 5.79. The van der Waals surface area contributed by atoms with Gasteiger partial charge >= 0.3 is 5.97 Å². The highest BCUT2D eigenvalue weighted by Crippen LogP contribution is 2.24. The molecule has 0 atom stereocenters. The van der Waals surface area contributed by atoms with Crippen LogP contribution in [-0.2, 0) is 9.53 Å². The van der Waals surface area contributed by atoms with Crippen LogP contribution in [0.25, 0.3) is 6.08 Å². The van der Waals surface area contributed by atoms with Gasteiger partial charge in [-0.05, 0) is 48.5 Å². The van der Waals surface area contributed by atoms with Gasteiger partial charge in [0.25, 0.3) is 0 Å². The summed E-state index contributed by atoms with van der Waals surface area (Å²) >= 11 is 3.38. The summed E-state index contributed by atoms with van der Waals surface area (Å²) in [5, 5.41) is 8.72. The molecular formula is C19H16BrNO4. The number of nitriles is 1. The molecule has 0 amide bonds. The maximum atomic E-state index is 11.7. The third-order valence-electron chi connectivity index (χ3n) is 3.17. The molecule has 5 nitrogen and oxygen atoms in total. The highest BCUT2D eigenvalue weighted by molar-refractivity contribution is 9.10. The van der Waals surface area contributed by atoms with Crippen LogP contribution in [0.4, 0.5) is 0 Å². The largest absolute Gasteiger partial charge is 0.496 e. The monoisotopic (exact) mass is 401 g/mol. The van der Waals surface area contributed by atoms with Crippen LogP contribution in [-0.4, -0.2) is 26.3 Å². The summed E-state index contributed by atoms with van der Waals surface area (Å²) < 4.78 is 16.6. The SMILES string of the molecule is COc1ccc(Br)cc1/C=C/C(=O)OCCOc1ccc(C#N)cc1. The fourth-order valence-corrected chi connectivity index (χ4v) is 2.35. The lowest BCUT2D eigenvalue weighted by molar-refractivity contribution is -0.138. The Kier molecular flexibility index (Phi) is 7.05. The molecule has 0 saturated carbocycles. The van der Waals surface area contributed by atoms with Gasteiger partial charge in [0, 0.05) is 16.1 Å². The van der Waals surface area contributed by atoms with Crippen LogP contribution < -0.4 is 9.47 Å². The van der Waals surface area contributed by atoms with Crippen LogP contribution in [0.3, 0.4) is 0 Å². The van der Waals surface area contributed by atoms with E-state index in [9.17, 15) is 4.79 Å². The van der Waals surface area contributed by atoms with Crippen molar-refractivity contribution in [1.29, 1.82) is 5.26 Å². The fraction of sp³-hybridized carbons (Fsp3) is 0.158. The maximum Gasteiger partial charge on any atom is 0.330 e. The van der Waals surface area contributed by atoms with Crippen molar-refractivity contribution < 1.29 is 19.0 Å². The standard InChI is InChI=1S/C19H16BrNO4/c1-23-18-8-5-16(20)12-15(18)4-9-19(22)25-11-10-24-17-6-2-14(13-21)3-7-17/h2-9,12H,10-11H2,1H3/b9-4+. The normalized spacial score (nSPS) is 10.3. The molecule has 0 spiro atoms. The summed E-state index contributed by atoms with van der Waals surface area (Å²) in [4.78, 5) is 11.7. The van der Waals surface area contributed by atoms with E-state index in [2.05, 4.69) is 15.9 Å². The third kappa shape index (κ3) is 5.98. The lowest BCUT2D eigenvalue weighted by atomic mass is 10.2. The molecule has 0 radical (unpaired) electrons. The van der Waals surface area contributed by atoms with Crippen LogP contribution in [0.1, 0.15) is 11.1 Å². The van der Waals surface area contributed by atoms with Gasteiger partial charge in [0.2, 0.25) is 0 Å². The van der Waals surface area contributed by atoms with Gasteiger partial charge in [0.05, 0.1) is 18.7 Å². The molecule has 0 bridgehead atoms. The second kappa shape index (κ2) is 9.50. The summed E-state index contributed by atoms with van der Waals surface area (Å²) in [5.74, 6) is 0.811. The number of carbonyl (C=O) groups excluding carboxylic acids is 1. The topological polar surface area (TPSA) is 68.6 Å². The molecule has 25 heavy (non-hydrogen) atoms. The molecule has 0 aromatic heterocycles. The summed E-state index contributed by atoms with van der Waals surface area (Å²) in [7, 11) is 1.57. The summed E-state index contributed by atoms with van der Waals surface area (Å²) in [6.07, 6.45) is 2.97. The van der Waals surface area contributed by atoms with Crippen molar-refractivity contribution in [3.63, 3.8) is 0 Å². The average Bonchev–Trinajstić information content (AvgIpc) is 2.64. The van der Waals surface area contributed by atoms with Gasteiger partial charge in [0.15, 0.2) is 0 Å². The zero-order valence-electron chi connectivity index (χ0n) is 13.6. The molecule has 2 aromatic carbocycles. The first kappa shape index (κ1) is 18.6. The van der Waals surface area contributed by atoms with Crippen LogP contribution in [0.15, 0.2) is 53.0 Å². The van der Waals surface area contributed by atoms with Crippen LogP contribution in [0, 0.1) is 11.3 Å². The van der Waals surface area contributed by atoms with E-state index in [1.807, 2.05) is 18.2 Å². The fourth-order valence-electron chi connectivity index (χ4n) is 1.97. The Labute approximate surface area is 154 Å². The first-order valence-electron chi connectivity index (χ1n) is 7.43. The van der Waals surface area contributed by atoms with Gasteiger partial charge in [-0.1, -0.05) is 15.9 Å². The number of methoxy groups -OCH3 is 1. The number of halogens is 1. The zero-order chi connectivity index (χ0) is 18.1. The number of rotatable bonds is 7. The van der Waals surface area contributed by atoms with Crippen molar-refractivity contribution in [1.82, 2.24) is 0 Å². The Balaban J connectivity index is 1.78. The van der Waals surface area contributed by atoms with Crippen molar-refractivity contribution in [2.45, 2.75) is 0 Å². The molecule has 0 fully saturated rings. The second-order valence-electron chi connectivity index (χ2n) is 4.87. The van der Waals surface area contributed by atoms with E-state index in [4.69, 9.17) is 19.5 Å². The van der Waals surface area contributed by atoms with E-state index in [1.54, 1.807) is 43.5 Å². The molecule has 128 valence electrons. The summed E-state index contributed by atoms with van der Waals surface area (Å²) in [5.41, 5.74) is 1.33. The van der Waals surface area contributed by atoms with Crippen molar-refractivity contribution in [3.8, 4) is 17.6 Å². The van der Waals surface area contributed by atoms with Gasteiger partial charge in [-0.2, -0.15) is 5.26 Å². The Bertz CT molecular complexity index is 794. The van der Waals surface area contributed by atoms with E-state index in [1.165, 1.54) is 6.08 Å². The van der Waals surface area contributed by atoms with Crippen molar-refractivity contribution in [2.75, 3.05) is 20.3 Å². The van der Waals surface area contributed by atoms with Crippen LogP contribution in [0.2, 0.25) is 0 Å². The van der Waals surface area contributed by atoms with Crippen molar-refractivity contribution >= 4 is 28.0 Å². The van der Waals surface area contributed by atoms with E-state index in [-0.39, 0.29) is 13.2 Å². The molecule has 0 unspecified atom stereocenters. The number of esters is 1. The number of hydrogen-bond acceptors (Lipinski definition) is 5. The van der Waals surface area contributed by atoms with Gasteiger partial charge in [-0.25, -0.2) is 4.79 Å². The van der Waals surface area contributed by atoms with Crippen molar-refractivity contribution in [2.24, 2.45) is 0 Å². The number of benzene rings is 2. The Morgan fingerprint density at radius 1 is 1.20 bits per heavy atom. The van der Waals surface area contributed by atoms with Gasteiger partial charge in [0.1, 0.15) is 24.7 Å². The molecule has 0 heterocycles. The first-order valence-corrected chi connectivity index (χ1v) is 8.23. The Morgan fingerprint density at radius 3 is 2.64 bits per heavy atom. The van der Waals surface area contributed by atoms with Crippen LogP contribution in [0.5, 0.6) is 11.5 Å². The predicted molar refractivity (Wildman–Crippen MR) is 97.3 cm³/mol. The van der Waals surface area contributed by atoms with E-state index in [0.29, 0.717) is 17.1 Å². The number of carbonyl (C=O) groups is 1. The molecule has 0 aliphatic heterocycles. The molecule has 2 aromatic rings. The first-order chi connectivity index (χ1) is 12.1. The highest BCUT2D eigenvalue weighted by atomic mass is 79.9. The lowest BCUT2D eigenvalue weighted by Gasteiger charge is -2.06. The van der Waals surface area contributed by atoms with Gasteiger partial charge in [-0.3, -0.25) is 0 Å². The Hall–Kier alpha value is -2.78. The molecule has 6 heteroatoms. The predicted octanol–water partition coefficient (Wildman–Crippen LogP) is 3.96. The number of ether oxygens (including phenoxy) is 3. The Morgan fingerprint density at radius 2 is 1.96 bits per heavy atom. The molecule has 0 aliphatic carbocycles. The number of hydrogen-bond donors (Lipinski definition) is 0. The van der Waals surface area contributed by atoms with E-state index in [0.717, 1.165) is 10.0 Å². The minimum atomic E-state index is -0.467. The maximum absolute atomic E-state index is 11.7. The highest BCUT2D eigenvalue weighted by Gasteiger charge is 2.03. The molecular weight excluding hydrogens is 386 g/mol.